The molecule has 12 nitrogen and oxygen atoms in total. The topological polar surface area (TPSA) is 177 Å². The van der Waals surface area contributed by atoms with E-state index in [2.05, 4.69) is 20.1 Å². The molecule has 0 atom stereocenters. The highest BCUT2D eigenvalue weighted by Gasteiger charge is 2.28. The minimum Gasteiger partial charge on any atom is -0.438 e. The van der Waals surface area contributed by atoms with Crippen LogP contribution in [0.15, 0.2) is 43.3 Å². The standard InChI is InChI=1S/C15H22N2O4S.C13H22N2O4S/c18-15(16-11-5-1-2-6-11)13-9-10-14(21-13)22(19,20)17-12-7-3-4-8-12;1-12(2,3)14-11(16)9-7-8-10(19-9)20(17,18)15-13(4,5)6/h9-12,17H,1-8H2,(H,16,18);7-8,15H,1-6H3,(H,14,16). The first kappa shape index (κ1) is 33.8. The molecule has 0 saturated heterocycles. The monoisotopic (exact) mass is 628 g/mol. The Morgan fingerprint density at radius 1 is 0.667 bits per heavy atom. The number of furan rings is 2. The summed E-state index contributed by atoms with van der Waals surface area (Å²) in [6.45, 7) is 10.6. The molecular formula is C28H44N4O8S2. The Bertz CT molecular complexity index is 1430. The Kier molecular flexibility index (Phi) is 10.7. The molecule has 2 amide bonds. The number of carbonyl (C=O) groups is 2. The summed E-state index contributed by atoms with van der Waals surface area (Å²) in [6, 6.07) is 5.54. The molecule has 2 aromatic heterocycles. The molecular weight excluding hydrogens is 584 g/mol. The number of amides is 2. The molecule has 2 fully saturated rings. The molecule has 14 heteroatoms. The predicted octanol–water partition coefficient (Wildman–Crippen LogP) is 4.06. The number of rotatable bonds is 8. The fourth-order valence-corrected chi connectivity index (χ4v) is 7.27. The van der Waals surface area contributed by atoms with Crippen LogP contribution in [0.3, 0.4) is 0 Å². The summed E-state index contributed by atoms with van der Waals surface area (Å²) < 4.78 is 64.0. The summed E-state index contributed by atoms with van der Waals surface area (Å²) >= 11 is 0. The van der Waals surface area contributed by atoms with Gasteiger partial charge < -0.3 is 19.5 Å². The lowest BCUT2D eigenvalue weighted by Crippen LogP contribution is -2.40. The zero-order valence-corrected chi connectivity index (χ0v) is 26.8. The lowest BCUT2D eigenvalue weighted by atomic mass is 10.1. The highest BCUT2D eigenvalue weighted by molar-refractivity contribution is 7.89. The summed E-state index contributed by atoms with van der Waals surface area (Å²) in [6.07, 6.45) is 7.98. The van der Waals surface area contributed by atoms with Crippen LogP contribution in [-0.4, -0.2) is 51.8 Å². The third-order valence-corrected chi connectivity index (χ3v) is 9.46. The zero-order chi connectivity index (χ0) is 31.3. The summed E-state index contributed by atoms with van der Waals surface area (Å²) in [5.74, 6) is -0.767. The lowest BCUT2D eigenvalue weighted by Gasteiger charge is -2.20. The van der Waals surface area contributed by atoms with Crippen molar-refractivity contribution in [3.63, 3.8) is 0 Å². The molecule has 0 aliphatic heterocycles. The van der Waals surface area contributed by atoms with Gasteiger partial charge in [-0.05, 0) is 91.5 Å². The highest BCUT2D eigenvalue weighted by atomic mass is 32.2. The number of carbonyl (C=O) groups excluding carboxylic acids is 2. The van der Waals surface area contributed by atoms with Gasteiger partial charge in [-0.15, -0.1) is 0 Å². The minimum absolute atomic E-state index is 0.0223. The first-order chi connectivity index (χ1) is 19.3. The van der Waals surface area contributed by atoms with Crippen LogP contribution in [0.4, 0.5) is 0 Å². The predicted molar refractivity (Wildman–Crippen MR) is 157 cm³/mol. The van der Waals surface area contributed by atoms with Crippen molar-refractivity contribution in [1.82, 2.24) is 20.1 Å². The van der Waals surface area contributed by atoms with Crippen molar-refractivity contribution in [2.45, 2.75) is 126 Å². The van der Waals surface area contributed by atoms with Gasteiger partial charge in [0.05, 0.1) is 0 Å². The Morgan fingerprint density at radius 2 is 1.12 bits per heavy atom. The van der Waals surface area contributed by atoms with E-state index < -0.39 is 37.0 Å². The Balaban J connectivity index is 0.000000232. The normalized spacial score (nSPS) is 17.1. The van der Waals surface area contributed by atoms with Gasteiger partial charge in [-0.3, -0.25) is 9.59 Å². The van der Waals surface area contributed by atoms with E-state index in [1.165, 1.54) is 24.3 Å². The van der Waals surface area contributed by atoms with Crippen LogP contribution in [-0.2, 0) is 20.0 Å². The molecule has 0 spiro atoms. The molecule has 2 aliphatic carbocycles. The van der Waals surface area contributed by atoms with Gasteiger partial charge in [0.1, 0.15) is 0 Å². The molecule has 4 rings (SSSR count). The average molecular weight is 629 g/mol. The van der Waals surface area contributed by atoms with Crippen molar-refractivity contribution in [2.75, 3.05) is 0 Å². The van der Waals surface area contributed by atoms with E-state index in [1.807, 2.05) is 20.8 Å². The van der Waals surface area contributed by atoms with E-state index in [4.69, 9.17) is 8.83 Å². The highest BCUT2D eigenvalue weighted by Crippen LogP contribution is 2.23. The number of hydrogen-bond donors (Lipinski definition) is 4. The van der Waals surface area contributed by atoms with E-state index in [9.17, 15) is 26.4 Å². The molecule has 42 heavy (non-hydrogen) atoms. The van der Waals surface area contributed by atoms with E-state index in [0.717, 1.165) is 51.4 Å². The molecule has 2 heterocycles. The summed E-state index contributed by atoms with van der Waals surface area (Å²) in [5.41, 5.74) is -1.05. The van der Waals surface area contributed by atoms with Crippen molar-refractivity contribution in [1.29, 1.82) is 0 Å². The van der Waals surface area contributed by atoms with Crippen LogP contribution in [0, 0.1) is 0 Å². The third-order valence-electron chi connectivity index (χ3n) is 6.44. The zero-order valence-electron chi connectivity index (χ0n) is 25.2. The van der Waals surface area contributed by atoms with Gasteiger partial charge in [0, 0.05) is 23.2 Å². The molecule has 2 aromatic rings. The quantitative estimate of drug-likeness (QED) is 0.338. The van der Waals surface area contributed by atoms with E-state index >= 15 is 0 Å². The summed E-state index contributed by atoms with van der Waals surface area (Å²) in [7, 11) is -7.45. The fourth-order valence-electron chi connectivity index (χ4n) is 4.68. The Morgan fingerprint density at radius 3 is 1.60 bits per heavy atom. The average Bonchev–Trinajstić information content (AvgIpc) is 3.64. The van der Waals surface area contributed by atoms with Crippen LogP contribution in [0.1, 0.15) is 114 Å². The molecule has 2 saturated carbocycles. The second kappa shape index (κ2) is 13.3. The lowest BCUT2D eigenvalue weighted by molar-refractivity contribution is 0.0882. The minimum atomic E-state index is -3.77. The van der Waals surface area contributed by atoms with Crippen LogP contribution in [0.25, 0.3) is 0 Å². The fraction of sp³-hybridized carbons (Fsp3) is 0.643. The maximum Gasteiger partial charge on any atom is 0.287 e. The summed E-state index contributed by atoms with van der Waals surface area (Å²) in [4.78, 5) is 23.9. The van der Waals surface area contributed by atoms with Gasteiger partial charge in [0.15, 0.2) is 11.5 Å². The molecule has 0 radical (unpaired) electrons. The number of nitrogens with one attached hydrogen (secondary N) is 4. The first-order valence-electron chi connectivity index (χ1n) is 14.2. The maximum atomic E-state index is 12.2. The van der Waals surface area contributed by atoms with E-state index in [0.29, 0.717) is 0 Å². The van der Waals surface area contributed by atoms with E-state index in [-0.39, 0.29) is 39.7 Å². The van der Waals surface area contributed by atoms with Gasteiger partial charge in [-0.1, -0.05) is 25.7 Å². The number of sulfonamides is 2. The van der Waals surface area contributed by atoms with Crippen molar-refractivity contribution >= 4 is 31.9 Å². The largest absolute Gasteiger partial charge is 0.438 e. The van der Waals surface area contributed by atoms with Crippen molar-refractivity contribution < 1.29 is 35.3 Å². The summed E-state index contributed by atoms with van der Waals surface area (Å²) in [5, 5.41) is 5.13. The van der Waals surface area contributed by atoms with E-state index in [1.54, 1.807) is 20.8 Å². The Labute approximate surface area is 248 Å². The number of hydrogen-bond acceptors (Lipinski definition) is 8. The maximum absolute atomic E-state index is 12.2. The molecule has 236 valence electrons. The molecule has 4 N–H and O–H groups in total. The van der Waals surface area contributed by atoms with Crippen molar-refractivity contribution in [3.8, 4) is 0 Å². The van der Waals surface area contributed by atoms with Crippen LogP contribution < -0.4 is 20.1 Å². The van der Waals surface area contributed by atoms with Crippen LogP contribution >= 0.6 is 0 Å². The molecule has 0 aromatic carbocycles. The second-order valence-electron chi connectivity index (χ2n) is 12.9. The van der Waals surface area contributed by atoms with Gasteiger partial charge in [-0.2, -0.15) is 0 Å². The molecule has 0 unspecified atom stereocenters. The SMILES string of the molecule is CC(C)(C)NC(=O)c1ccc(S(=O)(=O)NC(C)(C)C)o1.O=C(NC1CCCC1)c1ccc(S(=O)(=O)NC2CCCC2)o1. The third kappa shape index (κ3) is 10.2. The van der Waals surface area contributed by atoms with Gasteiger partial charge in [0.2, 0.25) is 10.2 Å². The first-order valence-corrected chi connectivity index (χ1v) is 17.2. The second-order valence-corrected chi connectivity index (χ2v) is 16.1. The van der Waals surface area contributed by atoms with Crippen LogP contribution in [0.5, 0.6) is 0 Å². The van der Waals surface area contributed by atoms with Gasteiger partial charge in [0.25, 0.3) is 31.9 Å². The van der Waals surface area contributed by atoms with Crippen molar-refractivity contribution in [3.05, 3.63) is 35.8 Å². The molecule has 0 bridgehead atoms. The molecule has 2 aliphatic rings. The smallest absolute Gasteiger partial charge is 0.287 e. The van der Waals surface area contributed by atoms with Gasteiger partial charge >= 0.3 is 0 Å². The van der Waals surface area contributed by atoms with Crippen LogP contribution in [0.2, 0.25) is 0 Å². The Hall–Kier alpha value is -2.68. The van der Waals surface area contributed by atoms with Gasteiger partial charge in [-0.25, -0.2) is 26.3 Å². The van der Waals surface area contributed by atoms with Crippen molar-refractivity contribution in [2.24, 2.45) is 0 Å².